The summed E-state index contributed by atoms with van der Waals surface area (Å²) >= 11 is 13.1. The quantitative estimate of drug-likeness (QED) is 0.0854. The van der Waals surface area contributed by atoms with Crippen molar-refractivity contribution in [2.45, 2.75) is 19.8 Å². The zero-order valence-electron chi connectivity index (χ0n) is 29.4. The molecule has 7 N–H and O–H groups in total. The molecule has 2 heterocycles. The highest BCUT2D eigenvalue weighted by Crippen LogP contribution is 2.50. The summed E-state index contributed by atoms with van der Waals surface area (Å²) in [4.78, 5) is 56.7. The molecule has 2 aromatic heterocycles. The van der Waals surface area contributed by atoms with Crippen LogP contribution in [0.4, 0.5) is 11.4 Å². The number of phenolic OH excluding ortho intramolecular Hbond substituents is 3. The van der Waals surface area contributed by atoms with E-state index in [0.717, 1.165) is 21.0 Å². The van der Waals surface area contributed by atoms with Gasteiger partial charge in [0.05, 0.1) is 26.3 Å². The van der Waals surface area contributed by atoms with Crippen LogP contribution < -0.4 is 20.9 Å². The Kier molecular flexibility index (Phi) is 9.69. The summed E-state index contributed by atoms with van der Waals surface area (Å²) in [6, 6.07) is 16.8. The Hall–Kier alpha value is -6.26. The van der Waals surface area contributed by atoms with Gasteiger partial charge in [-0.1, -0.05) is 59.6 Å². The third-order valence-electron chi connectivity index (χ3n) is 9.24. The summed E-state index contributed by atoms with van der Waals surface area (Å²) in [5.74, 6) is -9.77. The Bertz CT molecular complexity index is 2720. The van der Waals surface area contributed by atoms with Crippen LogP contribution in [0.15, 0.2) is 76.3 Å². The van der Waals surface area contributed by atoms with Crippen LogP contribution >= 0.6 is 23.2 Å². The first-order valence-corrected chi connectivity index (χ1v) is 17.1. The van der Waals surface area contributed by atoms with Crippen LogP contribution in [-0.4, -0.2) is 69.2 Å². The highest BCUT2D eigenvalue weighted by atomic mass is 35.5. The number of fused-ring (bicyclic) bond motifs is 2. The number of hydrogen-bond acceptors (Lipinski definition) is 11. The number of aromatic nitrogens is 2. The molecule has 2 amide bonds. The Morgan fingerprint density at radius 1 is 0.691 bits per heavy atom. The minimum Gasteiger partial charge on any atom is -0.506 e. The molecule has 0 aliphatic carbocycles. The number of carbonyl (C=O) groups is 2. The average molecular weight is 792 g/mol. The second kappa shape index (κ2) is 13.9. The van der Waals surface area contributed by atoms with Crippen LogP contribution in [-0.2, 0) is 14.1 Å². The van der Waals surface area contributed by atoms with Crippen molar-refractivity contribution in [3.05, 3.63) is 109 Å². The first kappa shape index (κ1) is 38.5. The summed E-state index contributed by atoms with van der Waals surface area (Å²) in [6.07, 6.45) is 0. The van der Waals surface area contributed by atoms with E-state index in [2.05, 4.69) is 0 Å². The fraction of sp³-hybridized carbons (Fsp3) is 0.158. The minimum absolute atomic E-state index is 0.0155. The number of para-hydroxylation sites is 1. The number of nitrogens with zero attached hydrogens (tertiary/aromatic N) is 4. The largest absolute Gasteiger partial charge is 0.506 e. The molecule has 0 saturated heterocycles. The van der Waals surface area contributed by atoms with Crippen molar-refractivity contribution >= 4 is 68.2 Å². The van der Waals surface area contributed by atoms with E-state index in [-0.39, 0.29) is 39.4 Å². The number of aromatic hydroxyl groups is 5. The second-order valence-corrected chi connectivity index (χ2v) is 13.4. The van der Waals surface area contributed by atoms with Gasteiger partial charge in [0.2, 0.25) is 11.7 Å². The van der Waals surface area contributed by atoms with Gasteiger partial charge < -0.3 is 49.8 Å². The number of carbonyl (C=O) groups excluding carboxylic acids is 2. The lowest BCUT2D eigenvalue weighted by molar-refractivity contribution is -0.138. The van der Waals surface area contributed by atoms with Gasteiger partial charge in [0, 0.05) is 44.5 Å². The highest BCUT2D eigenvalue weighted by molar-refractivity contribution is 6.39. The fourth-order valence-electron chi connectivity index (χ4n) is 6.55. The molecule has 0 aliphatic heterocycles. The number of aryl methyl sites for hydroxylation is 2. The van der Waals surface area contributed by atoms with Gasteiger partial charge in [-0.15, -0.1) is 0 Å². The number of aliphatic hydroxyl groups is 2. The Balaban J connectivity index is 1.49. The molecule has 0 spiro atoms. The summed E-state index contributed by atoms with van der Waals surface area (Å²) in [5, 5.41) is 73.3. The first-order chi connectivity index (χ1) is 25.8. The van der Waals surface area contributed by atoms with Crippen LogP contribution in [0.1, 0.15) is 34.6 Å². The molecule has 0 fully saturated rings. The highest BCUT2D eigenvalue weighted by Gasteiger charge is 2.37. The van der Waals surface area contributed by atoms with Gasteiger partial charge in [0.15, 0.2) is 11.5 Å². The molecule has 17 heteroatoms. The van der Waals surface area contributed by atoms with Crippen LogP contribution in [0.2, 0.25) is 10.0 Å². The molecule has 0 radical (unpaired) electrons. The van der Waals surface area contributed by atoms with E-state index in [9.17, 15) is 54.9 Å². The Morgan fingerprint density at radius 3 is 1.89 bits per heavy atom. The number of pyridine rings is 2. The second-order valence-electron chi connectivity index (χ2n) is 12.6. The van der Waals surface area contributed by atoms with Gasteiger partial charge >= 0.3 is 0 Å². The van der Waals surface area contributed by atoms with Crippen molar-refractivity contribution < 1.29 is 45.3 Å². The topological polar surface area (TPSA) is 226 Å². The molecular weight excluding hydrogens is 759 g/mol. The molecular formula is C38H32Cl2N4O11. The maximum atomic E-state index is 14.1. The Labute approximate surface area is 320 Å². The lowest BCUT2D eigenvalue weighted by Crippen LogP contribution is -2.51. The van der Waals surface area contributed by atoms with Crippen molar-refractivity contribution in [3.8, 4) is 39.9 Å². The zero-order valence-corrected chi connectivity index (χ0v) is 30.9. The monoisotopic (exact) mass is 790 g/mol. The standard InChI is InChI=1S/C38H32Cl2N4O11/c1-5-43(36(52)24-30(46)23-27(40)31(47)33(49)32(48)28(23)42(4)35(24)51)19-13-9-10-17(16-19)20-14-15-21-22(26(20)39)29(45)25(34(50)41(21)3)37(53)44(38(2,54)55)18-11-7-6-8-12-18/h6-16,45-49,54-55H,5H2,1-4H3. The minimum atomic E-state index is -2.80. The number of hydrogen-bond donors (Lipinski definition) is 7. The third kappa shape index (κ3) is 6.03. The summed E-state index contributed by atoms with van der Waals surface area (Å²) in [7, 11) is 2.51. The van der Waals surface area contributed by atoms with Crippen LogP contribution in [0.5, 0.6) is 28.7 Å². The third-order valence-corrected chi connectivity index (χ3v) is 10.00. The zero-order chi connectivity index (χ0) is 40.4. The van der Waals surface area contributed by atoms with Gasteiger partial charge in [-0.2, -0.15) is 0 Å². The molecule has 6 aromatic rings. The van der Waals surface area contributed by atoms with E-state index in [0.29, 0.717) is 10.5 Å². The van der Waals surface area contributed by atoms with Crippen LogP contribution in [0.25, 0.3) is 32.9 Å². The molecule has 0 bridgehead atoms. The summed E-state index contributed by atoms with van der Waals surface area (Å²) in [5.41, 5.74) is -3.01. The SMILES string of the molecule is CCN(C(=O)c1c(O)c2c(Cl)c(O)c(O)c(O)c2n(C)c1=O)c1cccc(-c2ccc3c(c(O)c(C(=O)N(c4ccccc4)C(C)(O)O)c(=O)n3C)c2Cl)c1. The van der Waals surface area contributed by atoms with Crippen molar-refractivity contribution in [3.63, 3.8) is 0 Å². The molecule has 0 saturated carbocycles. The number of rotatable bonds is 7. The number of anilines is 2. The molecule has 4 aromatic carbocycles. The number of amides is 2. The maximum Gasteiger partial charge on any atom is 0.271 e. The molecule has 55 heavy (non-hydrogen) atoms. The van der Waals surface area contributed by atoms with Crippen molar-refractivity contribution in [2.75, 3.05) is 16.3 Å². The van der Waals surface area contributed by atoms with E-state index in [1.165, 1.54) is 56.6 Å². The number of benzene rings is 4. The van der Waals surface area contributed by atoms with Gasteiger partial charge in [-0.25, -0.2) is 0 Å². The smallest absolute Gasteiger partial charge is 0.271 e. The van der Waals surface area contributed by atoms with E-state index in [4.69, 9.17) is 23.2 Å². The van der Waals surface area contributed by atoms with Crippen molar-refractivity contribution in [2.24, 2.45) is 14.1 Å². The van der Waals surface area contributed by atoms with Crippen molar-refractivity contribution in [1.29, 1.82) is 0 Å². The molecule has 0 aliphatic rings. The normalized spacial score (nSPS) is 11.6. The van der Waals surface area contributed by atoms with Gasteiger partial charge in [-0.3, -0.25) is 24.1 Å². The molecule has 6 rings (SSSR count). The number of phenols is 3. The molecule has 0 unspecified atom stereocenters. The first-order valence-electron chi connectivity index (χ1n) is 16.3. The van der Waals surface area contributed by atoms with Gasteiger partial charge in [0.1, 0.15) is 28.1 Å². The van der Waals surface area contributed by atoms with E-state index < -0.39 is 84.6 Å². The predicted octanol–water partition coefficient (Wildman–Crippen LogP) is 4.86. The van der Waals surface area contributed by atoms with Gasteiger partial charge in [-0.05, 0) is 42.8 Å². The fourth-order valence-corrected chi connectivity index (χ4v) is 7.18. The maximum absolute atomic E-state index is 14.1. The number of halogens is 2. The van der Waals surface area contributed by atoms with Crippen LogP contribution in [0.3, 0.4) is 0 Å². The molecule has 284 valence electrons. The van der Waals surface area contributed by atoms with Crippen molar-refractivity contribution in [1.82, 2.24) is 9.13 Å². The lowest BCUT2D eigenvalue weighted by atomic mass is 10.00. The van der Waals surface area contributed by atoms with E-state index in [1.807, 2.05) is 0 Å². The molecule has 15 nitrogen and oxygen atoms in total. The molecule has 0 atom stereocenters. The van der Waals surface area contributed by atoms with Crippen LogP contribution in [0, 0.1) is 0 Å². The van der Waals surface area contributed by atoms with Gasteiger partial charge in [0.25, 0.3) is 22.9 Å². The summed E-state index contributed by atoms with van der Waals surface area (Å²) in [6.45, 7) is 2.46. The van der Waals surface area contributed by atoms with E-state index >= 15 is 0 Å². The lowest BCUT2D eigenvalue weighted by Gasteiger charge is -2.32. The van der Waals surface area contributed by atoms with E-state index in [1.54, 1.807) is 31.2 Å². The summed E-state index contributed by atoms with van der Waals surface area (Å²) < 4.78 is 1.87. The average Bonchev–Trinajstić information content (AvgIpc) is 3.14. The predicted molar refractivity (Wildman–Crippen MR) is 206 cm³/mol. The Morgan fingerprint density at radius 2 is 1.27 bits per heavy atom.